The van der Waals surface area contributed by atoms with E-state index >= 15 is 0 Å². The van der Waals surface area contributed by atoms with Crippen molar-refractivity contribution in [3.63, 3.8) is 0 Å². The zero-order valence-corrected chi connectivity index (χ0v) is 27.9. The van der Waals surface area contributed by atoms with Crippen LogP contribution >= 0.6 is 0 Å². The summed E-state index contributed by atoms with van der Waals surface area (Å²) in [5, 5.41) is 0. The van der Waals surface area contributed by atoms with Gasteiger partial charge in [-0.3, -0.25) is 13.9 Å². The average Bonchev–Trinajstić information content (AvgIpc) is 3.58. The smallest absolute Gasteiger partial charge is 0.416 e. The number of para-hydroxylation sites is 1. The van der Waals surface area contributed by atoms with Crippen molar-refractivity contribution < 1.29 is 37.0 Å². The molecule has 252 valence electrons. The highest BCUT2D eigenvalue weighted by Crippen LogP contribution is 2.59. The number of likely N-dealkylation sites (tertiary alicyclic amines) is 1. The summed E-state index contributed by atoms with van der Waals surface area (Å²) in [6.07, 6.45) is -0.779. The van der Waals surface area contributed by atoms with Crippen LogP contribution in [0.2, 0.25) is 0 Å². The Labute approximate surface area is 285 Å². The number of anilines is 1. The minimum atomic E-state index is -4.37. The van der Waals surface area contributed by atoms with Gasteiger partial charge in [0, 0.05) is 12.3 Å². The molecule has 2 heterocycles. The fourth-order valence-corrected chi connectivity index (χ4v) is 9.77. The van der Waals surface area contributed by atoms with Crippen LogP contribution in [0.4, 0.5) is 10.5 Å². The van der Waals surface area contributed by atoms with Gasteiger partial charge in [0.1, 0.15) is 11.5 Å². The molecule has 3 aliphatic rings. The first-order chi connectivity index (χ1) is 23.7. The van der Waals surface area contributed by atoms with Gasteiger partial charge >= 0.3 is 6.09 Å². The number of hydrogen-bond acceptors (Lipinski definition) is 8. The molecule has 0 spiro atoms. The van der Waals surface area contributed by atoms with Crippen molar-refractivity contribution in [1.29, 1.82) is 0 Å². The van der Waals surface area contributed by atoms with Gasteiger partial charge in [0.15, 0.2) is 0 Å². The second-order valence-electron chi connectivity index (χ2n) is 12.6. The number of fused-ring (bicyclic) bond motifs is 5. The van der Waals surface area contributed by atoms with Crippen molar-refractivity contribution in [1.82, 2.24) is 4.90 Å². The molecule has 1 saturated carbocycles. The number of nitrogens with zero attached hydrogens (tertiary/aromatic N) is 2. The molecular weight excluding hydrogens is 644 g/mol. The summed E-state index contributed by atoms with van der Waals surface area (Å²) in [7, 11) is -1.69. The van der Waals surface area contributed by atoms with Crippen LogP contribution in [0.15, 0.2) is 114 Å². The van der Waals surface area contributed by atoms with Crippen LogP contribution in [0.25, 0.3) is 0 Å². The lowest BCUT2D eigenvalue weighted by Gasteiger charge is -2.46. The number of rotatable bonds is 9. The summed E-state index contributed by atoms with van der Waals surface area (Å²) in [6, 6.07) is 29.8. The van der Waals surface area contributed by atoms with Gasteiger partial charge in [-0.05, 0) is 53.4 Å². The second-order valence-corrected chi connectivity index (χ2v) is 14.5. The molecule has 1 saturated heterocycles. The van der Waals surface area contributed by atoms with Gasteiger partial charge in [-0.1, -0.05) is 78.9 Å². The van der Waals surface area contributed by atoms with Gasteiger partial charge in [0.2, 0.25) is 5.91 Å². The number of imide groups is 1. The van der Waals surface area contributed by atoms with E-state index in [9.17, 15) is 22.8 Å². The van der Waals surface area contributed by atoms with E-state index in [1.54, 1.807) is 36.4 Å². The van der Waals surface area contributed by atoms with E-state index in [2.05, 4.69) is 0 Å². The summed E-state index contributed by atoms with van der Waals surface area (Å²) in [5.41, 5.74) is 1.16. The van der Waals surface area contributed by atoms with E-state index in [-0.39, 0.29) is 36.7 Å². The highest BCUT2D eigenvalue weighted by atomic mass is 32.2. The number of Topliss-reactive ketones (excluding diaryl/α,β-unsaturated/α-hetero) is 1. The Morgan fingerprint density at radius 1 is 0.837 bits per heavy atom. The third-order valence-corrected chi connectivity index (χ3v) is 12.0. The Morgan fingerprint density at radius 3 is 2.12 bits per heavy atom. The number of methoxy groups -OCH3 is 2. The molecular formula is C38H36N2O8S. The van der Waals surface area contributed by atoms with Gasteiger partial charge in [-0.2, -0.15) is 0 Å². The Morgan fingerprint density at radius 2 is 1.47 bits per heavy atom. The number of ketones is 1. The zero-order valence-electron chi connectivity index (χ0n) is 27.1. The first-order valence-corrected chi connectivity index (χ1v) is 17.5. The SMILES string of the molecule is COC(=O)N1C(=O)[C@@H]2[C@@H](CC(=O)[C@@]3(Cc4ccccc4)c4ccccc4N(S(=O)(=O)c4ccc(OC)cc4)[C@@H]23)[C@@H]1COCc1ccccc1. The van der Waals surface area contributed by atoms with Crippen molar-refractivity contribution in [2.45, 2.75) is 41.8 Å². The number of sulfonamides is 1. The molecule has 4 aromatic rings. The van der Waals surface area contributed by atoms with Crippen molar-refractivity contribution >= 4 is 33.5 Å². The van der Waals surface area contributed by atoms with E-state index in [1.165, 1.54) is 30.7 Å². The molecule has 11 heteroatoms. The minimum Gasteiger partial charge on any atom is -0.497 e. The molecule has 4 aromatic carbocycles. The minimum absolute atomic E-state index is 0.0220. The lowest BCUT2D eigenvalue weighted by Crippen LogP contribution is -2.62. The third kappa shape index (κ3) is 5.28. The second kappa shape index (κ2) is 12.8. The highest BCUT2D eigenvalue weighted by Gasteiger charge is 2.70. The number of carbonyl (C=O) groups is 3. The number of hydrogen-bond donors (Lipinski definition) is 0. The molecule has 49 heavy (non-hydrogen) atoms. The summed E-state index contributed by atoms with van der Waals surface area (Å²) in [6.45, 7) is 0.164. The van der Waals surface area contributed by atoms with Crippen molar-refractivity contribution in [2.75, 3.05) is 25.1 Å². The molecule has 0 unspecified atom stereocenters. The molecule has 0 aromatic heterocycles. The van der Waals surface area contributed by atoms with E-state index in [0.29, 0.717) is 17.0 Å². The topological polar surface area (TPSA) is 120 Å². The number of carbonyl (C=O) groups excluding carboxylic acids is 3. The van der Waals surface area contributed by atoms with Gasteiger partial charge in [0.25, 0.3) is 10.0 Å². The molecule has 1 aliphatic carbocycles. The molecule has 7 rings (SSSR count). The largest absolute Gasteiger partial charge is 0.497 e. The molecule has 0 radical (unpaired) electrons. The predicted octanol–water partition coefficient (Wildman–Crippen LogP) is 5.15. The van der Waals surface area contributed by atoms with Crippen LogP contribution in [0.1, 0.15) is 23.1 Å². The van der Waals surface area contributed by atoms with Gasteiger partial charge < -0.3 is 14.2 Å². The fourth-order valence-electron chi connectivity index (χ4n) is 8.04. The summed E-state index contributed by atoms with van der Waals surface area (Å²) >= 11 is 0. The van der Waals surface area contributed by atoms with E-state index in [1.807, 2.05) is 60.7 Å². The van der Waals surface area contributed by atoms with Crippen LogP contribution < -0.4 is 9.04 Å². The molecule has 2 fully saturated rings. The summed E-state index contributed by atoms with van der Waals surface area (Å²) < 4.78 is 47.4. The Balaban J connectivity index is 1.39. The Hall–Kier alpha value is -5.00. The monoisotopic (exact) mass is 680 g/mol. The predicted molar refractivity (Wildman–Crippen MR) is 180 cm³/mol. The van der Waals surface area contributed by atoms with E-state index < -0.39 is 51.4 Å². The van der Waals surface area contributed by atoms with Crippen LogP contribution in [0, 0.1) is 11.8 Å². The number of ether oxygens (including phenoxy) is 3. The maximum Gasteiger partial charge on any atom is 0.416 e. The molecule has 5 atom stereocenters. The van der Waals surface area contributed by atoms with Gasteiger partial charge in [-0.25, -0.2) is 18.1 Å². The maximum atomic E-state index is 15.0. The van der Waals surface area contributed by atoms with E-state index in [0.717, 1.165) is 16.0 Å². The zero-order chi connectivity index (χ0) is 34.3. The Kier molecular flexibility index (Phi) is 8.50. The highest BCUT2D eigenvalue weighted by molar-refractivity contribution is 7.93. The Bertz CT molecular complexity index is 1990. The molecule has 2 amide bonds. The van der Waals surface area contributed by atoms with Crippen LogP contribution in [-0.2, 0) is 47.5 Å². The number of amides is 2. The molecule has 10 nitrogen and oxygen atoms in total. The fraction of sp³-hybridized carbons (Fsp3) is 0.289. The standard InChI is InChI=1S/C38H36N2O8S/c1-46-27-17-19-28(20-18-27)49(44,45)40-31-16-10-9-15-30(31)38(22-25-11-5-3-6-12-25)33(41)21-29-32(24-48-23-26-13-7-4-8-14-26)39(37(43)47-2)36(42)34(29)35(38)40/h3-20,29,32,34-35H,21-24H2,1-2H3/t29-,32-,34+,35-,38+/m0/s1. The third-order valence-electron chi connectivity index (χ3n) is 10.2. The summed E-state index contributed by atoms with van der Waals surface area (Å²) in [4.78, 5) is 44.0. The normalized spacial score (nSPS) is 24.3. The van der Waals surface area contributed by atoms with Crippen molar-refractivity contribution in [3.05, 3.63) is 126 Å². The number of benzene rings is 4. The lowest BCUT2D eigenvalue weighted by atomic mass is 9.57. The first-order valence-electron chi connectivity index (χ1n) is 16.1. The van der Waals surface area contributed by atoms with Gasteiger partial charge in [-0.15, -0.1) is 0 Å². The maximum absolute atomic E-state index is 15.0. The van der Waals surface area contributed by atoms with E-state index in [4.69, 9.17) is 14.2 Å². The van der Waals surface area contributed by atoms with Gasteiger partial charge in [0.05, 0.1) is 61.4 Å². The lowest BCUT2D eigenvalue weighted by molar-refractivity contribution is -0.135. The average molecular weight is 681 g/mol. The quantitative estimate of drug-likeness (QED) is 0.238. The van der Waals surface area contributed by atoms with Crippen molar-refractivity contribution in [2.24, 2.45) is 11.8 Å². The molecule has 0 bridgehead atoms. The van der Waals surface area contributed by atoms with Crippen LogP contribution in [0.5, 0.6) is 5.75 Å². The first kappa shape index (κ1) is 32.5. The van der Waals surface area contributed by atoms with Crippen molar-refractivity contribution in [3.8, 4) is 5.75 Å². The molecule has 0 N–H and O–H groups in total. The molecule has 2 aliphatic heterocycles. The summed E-state index contributed by atoms with van der Waals surface area (Å²) in [5.74, 6) is -2.11. The van der Waals surface area contributed by atoms with Crippen LogP contribution in [-0.4, -0.2) is 64.0 Å². The van der Waals surface area contributed by atoms with Crippen LogP contribution in [0.3, 0.4) is 0 Å².